The quantitative estimate of drug-likeness (QED) is 0.570. The third-order valence-corrected chi connectivity index (χ3v) is 7.20. The summed E-state index contributed by atoms with van der Waals surface area (Å²) in [7, 11) is 0. The van der Waals surface area contributed by atoms with Crippen molar-refractivity contribution in [2.75, 3.05) is 50.0 Å². The van der Waals surface area contributed by atoms with Crippen LogP contribution in [0.1, 0.15) is 20.3 Å². The van der Waals surface area contributed by atoms with Crippen molar-refractivity contribution in [3.8, 4) is 0 Å². The number of piperidine rings is 1. The number of likely N-dealkylation sites (tertiary alicyclic amines) is 1. The highest BCUT2D eigenvalue weighted by molar-refractivity contribution is 8.00. The van der Waals surface area contributed by atoms with Crippen LogP contribution in [0.3, 0.4) is 0 Å². The summed E-state index contributed by atoms with van der Waals surface area (Å²) in [5.74, 6) is 1.76. The summed E-state index contributed by atoms with van der Waals surface area (Å²) in [6.07, 6.45) is 2.75. The van der Waals surface area contributed by atoms with Crippen LogP contribution in [0.5, 0.6) is 0 Å². The smallest absolute Gasteiger partial charge is 0.233 e. The van der Waals surface area contributed by atoms with Crippen LogP contribution >= 0.6 is 23.1 Å². The standard InChI is InChI=1S/C18H25N5O2S2/c1-12-7-13(2)9-23(8-12)14(24)10-26-17-15-16(19-11-20-17)21-18(27-15)22-3-5-25-6-4-22/h11-13H,3-10H2,1-2H3. The molecule has 2 aromatic heterocycles. The number of aromatic nitrogens is 3. The van der Waals surface area contributed by atoms with E-state index in [9.17, 15) is 4.79 Å². The summed E-state index contributed by atoms with van der Waals surface area (Å²) in [6, 6.07) is 0. The number of thioether (sulfide) groups is 1. The second-order valence-corrected chi connectivity index (χ2v) is 9.40. The lowest BCUT2D eigenvalue weighted by molar-refractivity contribution is -0.130. The molecule has 0 aromatic carbocycles. The molecule has 0 bridgehead atoms. The first kappa shape index (κ1) is 18.9. The number of fused-ring (bicyclic) bond motifs is 1. The van der Waals surface area contributed by atoms with Gasteiger partial charge in [-0.05, 0) is 18.3 Å². The van der Waals surface area contributed by atoms with Gasteiger partial charge in [0, 0.05) is 26.2 Å². The number of hydrogen-bond donors (Lipinski definition) is 0. The number of carbonyl (C=O) groups is 1. The number of ether oxygens (including phenoxy) is 1. The molecule has 2 aromatic rings. The second-order valence-electron chi connectivity index (χ2n) is 7.46. The van der Waals surface area contributed by atoms with Crippen LogP contribution in [-0.4, -0.2) is 70.9 Å². The largest absolute Gasteiger partial charge is 0.378 e. The molecule has 0 saturated carbocycles. The molecule has 146 valence electrons. The Morgan fingerprint density at radius 3 is 2.74 bits per heavy atom. The maximum Gasteiger partial charge on any atom is 0.233 e. The average Bonchev–Trinajstić information content (AvgIpc) is 3.11. The van der Waals surface area contributed by atoms with Gasteiger partial charge in [0.1, 0.15) is 16.1 Å². The van der Waals surface area contributed by atoms with Gasteiger partial charge in [0.2, 0.25) is 5.91 Å². The van der Waals surface area contributed by atoms with Gasteiger partial charge in [-0.1, -0.05) is 36.9 Å². The number of thiazole rings is 1. The SMILES string of the molecule is CC1CC(C)CN(C(=O)CSc2ncnc3nc(N4CCOCC4)sc23)C1. The topological polar surface area (TPSA) is 71.5 Å². The molecule has 2 aliphatic heterocycles. The molecule has 9 heteroatoms. The molecule has 4 rings (SSSR count). The molecular weight excluding hydrogens is 382 g/mol. The minimum atomic E-state index is 0.197. The fraction of sp³-hybridized carbons (Fsp3) is 0.667. The Kier molecular flexibility index (Phi) is 5.79. The van der Waals surface area contributed by atoms with E-state index in [1.807, 2.05) is 4.90 Å². The minimum absolute atomic E-state index is 0.197. The minimum Gasteiger partial charge on any atom is -0.378 e. The van der Waals surface area contributed by atoms with Crippen molar-refractivity contribution in [3.05, 3.63) is 6.33 Å². The van der Waals surface area contributed by atoms with E-state index in [-0.39, 0.29) is 5.91 Å². The zero-order valence-electron chi connectivity index (χ0n) is 15.8. The Morgan fingerprint density at radius 1 is 1.26 bits per heavy atom. The molecule has 2 unspecified atom stereocenters. The first-order chi connectivity index (χ1) is 13.1. The zero-order chi connectivity index (χ0) is 18.8. The second kappa shape index (κ2) is 8.28. The molecule has 2 atom stereocenters. The lowest BCUT2D eigenvalue weighted by Crippen LogP contribution is -2.43. The third-order valence-electron chi connectivity index (χ3n) is 4.98. The molecule has 0 radical (unpaired) electrons. The van der Waals surface area contributed by atoms with Gasteiger partial charge < -0.3 is 14.5 Å². The van der Waals surface area contributed by atoms with Gasteiger partial charge in [0.15, 0.2) is 10.8 Å². The maximum atomic E-state index is 12.7. The molecule has 2 saturated heterocycles. The Morgan fingerprint density at radius 2 is 2.00 bits per heavy atom. The van der Waals surface area contributed by atoms with E-state index in [1.54, 1.807) is 17.7 Å². The van der Waals surface area contributed by atoms with Gasteiger partial charge in [-0.25, -0.2) is 9.97 Å². The van der Waals surface area contributed by atoms with Crippen LogP contribution in [0, 0.1) is 11.8 Å². The Hall–Kier alpha value is -1.45. The van der Waals surface area contributed by atoms with Crippen LogP contribution < -0.4 is 4.90 Å². The van der Waals surface area contributed by atoms with Gasteiger partial charge in [-0.2, -0.15) is 4.98 Å². The van der Waals surface area contributed by atoms with E-state index in [2.05, 4.69) is 33.7 Å². The van der Waals surface area contributed by atoms with Crippen molar-refractivity contribution in [1.82, 2.24) is 19.9 Å². The Balaban J connectivity index is 1.45. The fourth-order valence-electron chi connectivity index (χ4n) is 3.80. The Labute approximate surface area is 167 Å². The molecule has 4 heterocycles. The highest BCUT2D eigenvalue weighted by Gasteiger charge is 2.26. The van der Waals surface area contributed by atoms with Crippen molar-refractivity contribution in [1.29, 1.82) is 0 Å². The molecule has 2 aliphatic rings. The van der Waals surface area contributed by atoms with Crippen LogP contribution in [0.15, 0.2) is 11.4 Å². The molecule has 0 spiro atoms. The molecule has 27 heavy (non-hydrogen) atoms. The highest BCUT2D eigenvalue weighted by atomic mass is 32.2. The number of rotatable bonds is 4. The number of carbonyl (C=O) groups excluding carboxylic acids is 1. The van der Waals surface area contributed by atoms with E-state index < -0.39 is 0 Å². The van der Waals surface area contributed by atoms with Crippen molar-refractivity contribution in [3.63, 3.8) is 0 Å². The summed E-state index contributed by atoms with van der Waals surface area (Å²) in [5.41, 5.74) is 0.714. The average molecular weight is 408 g/mol. The first-order valence-corrected chi connectivity index (χ1v) is 11.2. The molecule has 7 nitrogen and oxygen atoms in total. The van der Waals surface area contributed by atoms with Gasteiger partial charge in [-0.15, -0.1) is 0 Å². The van der Waals surface area contributed by atoms with Crippen LogP contribution in [0.2, 0.25) is 0 Å². The van der Waals surface area contributed by atoms with Crippen LogP contribution in [0.4, 0.5) is 5.13 Å². The van der Waals surface area contributed by atoms with Crippen molar-refractivity contribution in [2.45, 2.75) is 25.3 Å². The zero-order valence-corrected chi connectivity index (χ0v) is 17.4. The lowest BCUT2D eigenvalue weighted by Gasteiger charge is -2.35. The van der Waals surface area contributed by atoms with E-state index in [4.69, 9.17) is 4.74 Å². The normalized spacial score (nSPS) is 23.8. The van der Waals surface area contributed by atoms with Crippen molar-refractivity contribution >= 4 is 44.5 Å². The molecule has 1 amide bonds. The predicted molar refractivity (Wildman–Crippen MR) is 108 cm³/mol. The highest BCUT2D eigenvalue weighted by Crippen LogP contribution is 2.34. The first-order valence-electron chi connectivity index (χ1n) is 9.45. The van der Waals surface area contributed by atoms with Gasteiger partial charge >= 0.3 is 0 Å². The van der Waals surface area contributed by atoms with E-state index in [1.165, 1.54) is 18.2 Å². The number of amides is 1. The molecule has 2 fully saturated rings. The van der Waals surface area contributed by atoms with Gasteiger partial charge in [-0.3, -0.25) is 4.79 Å². The predicted octanol–water partition coefficient (Wildman–Crippen LogP) is 2.52. The third kappa shape index (κ3) is 4.35. The number of nitrogens with zero attached hydrogens (tertiary/aromatic N) is 5. The van der Waals surface area contributed by atoms with Crippen molar-refractivity contribution < 1.29 is 9.53 Å². The van der Waals surface area contributed by atoms with E-state index in [0.29, 0.717) is 23.2 Å². The van der Waals surface area contributed by atoms with Gasteiger partial charge in [0.05, 0.1) is 19.0 Å². The fourth-order valence-corrected chi connectivity index (χ4v) is 5.85. The summed E-state index contributed by atoms with van der Waals surface area (Å²) in [5, 5.41) is 1.81. The van der Waals surface area contributed by atoms with Gasteiger partial charge in [0.25, 0.3) is 0 Å². The summed E-state index contributed by atoms with van der Waals surface area (Å²) < 4.78 is 6.39. The number of morpholine rings is 1. The van der Waals surface area contributed by atoms with E-state index in [0.717, 1.165) is 54.3 Å². The van der Waals surface area contributed by atoms with E-state index >= 15 is 0 Å². The molecular formula is C18H25N5O2S2. The maximum absolute atomic E-state index is 12.7. The molecule has 0 aliphatic carbocycles. The Bertz CT molecular complexity index is 798. The summed E-state index contributed by atoms with van der Waals surface area (Å²) in [6.45, 7) is 9.33. The van der Waals surface area contributed by atoms with Crippen molar-refractivity contribution in [2.24, 2.45) is 11.8 Å². The summed E-state index contributed by atoms with van der Waals surface area (Å²) >= 11 is 3.11. The summed E-state index contributed by atoms with van der Waals surface area (Å²) in [4.78, 5) is 30.3. The lowest BCUT2D eigenvalue weighted by atomic mass is 9.92. The number of hydrogen-bond acceptors (Lipinski definition) is 8. The number of anilines is 1. The van der Waals surface area contributed by atoms with Crippen LogP contribution in [0.25, 0.3) is 10.3 Å². The van der Waals surface area contributed by atoms with Crippen LogP contribution in [-0.2, 0) is 9.53 Å². The monoisotopic (exact) mass is 407 g/mol. The molecule has 0 N–H and O–H groups in total.